The van der Waals surface area contributed by atoms with Gasteiger partial charge in [0.1, 0.15) is 0 Å². The molecular formula is C37H43Cl2N3O2S. The molecule has 5 nitrogen and oxygen atoms in total. The molecule has 0 radical (unpaired) electrons. The Hall–Kier alpha value is -2.69. The minimum absolute atomic E-state index is 0.0000448. The van der Waals surface area contributed by atoms with Crippen molar-refractivity contribution >= 4 is 39.9 Å². The van der Waals surface area contributed by atoms with Crippen LogP contribution in [0.4, 0.5) is 0 Å². The molecule has 0 spiro atoms. The first-order valence-electron chi connectivity index (χ1n) is 16.1. The second-order valence-corrected chi connectivity index (χ2v) is 14.7. The summed E-state index contributed by atoms with van der Waals surface area (Å²) in [5.74, 6) is 0.480. The number of nitriles is 1. The molecule has 0 N–H and O–H groups in total. The summed E-state index contributed by atoms with van der Waals surface area (Å²) in [6, 6.07) is 18.4. The van der Waals surface area contributed by atoms with E-state index in [0.29, 0.717) is 34.5 Å². The van der Waals surface area contributed by atoms with Crippen LogP contribution in [0.15, 0.2) is 53.4 Å². The van der Waals surface area contributed by atoms with Crippen LogP contribution in [0.25, 0.3) is 0 Å². The summed E-state index contributed by atoms with van der Waals surface area (Å²) in [6.45, 7) is 5.43. The Labute approximate surface area is 281 Å². The van der Waals surface area contributed by atoms with E-state index in [4.69, 9.17) is 23.2 Å². The zero-order chi connectivity index (χ0) is 32.1. The Morgan fingerprint density at radius 3 is 2.51 bits per heavy atom. The summed E-state index contributed by atoms with van der Waals surface area (Å²) in [5.41, 5.74) is 6.84. The molecule has 1 amide bonds. The van der Waals surface area contributed by atoms with Gasteiger partial charge >= 0.3 is 0 Å². The predicted molar refractivity (Wildman–Crippen MR) is 185 cm³/mol. The molecule has 45 heavy (non-hydrogen) atoms. The van der Waals surface area contributed by atoms with E-state index >= 15 is 0 Å². The fraction of sp³-hybridized carbons (Fsp3) is 0.459. The highest BCUT2D eigenvalue weighted by molar-refractivity contribution is 7.84. The molecule has 1 saturated heterocycles. The monoisotopic (exact) mass is 663 g/mol. The lowest BCUT2D eigenvalue weighted by molar-refractivity contribution is 0.0779. The van der Waals surface area contributed by atoms with Crippen molar-refractivity contribution in [3.63, 3.8) is 0 Å². The van der Waals surface area contributed by atoms with E-state index in [-0.39, 0.29) is 11.8 Å². The molecule has 8 heteroatoms. The number of likely N-dealkylation sites (N-methyl/N-ethyl adjacent to an activating group) is 1. The second-order valence-electron chi connectivity index (χ2n) is 12.5. The summed E-state index contributed by atoms with van der Waals surface area (Å²) in [6.07, 6.45) is 9.30. The fourth-order valence-corrected chi connectivity index (χ4v) is 8.44. The smallest absolute Gasteiger partial charge is 0.254 e. The number of piperidine rings is 1. The van der Waals surface area contributed by atoms with Gasteiger partial charge in [0.15, 0.2) is 0 Å². The largest absolute Gasteiger partial charge is 0.341 e. The van der Waals surface area contributed by atoms with Crippen molar-refractivity contribution in [3.05, 3.63) is 97.5 Å². The summed E-state index contributed by atoms with van der Waals surface area (Å²) in [5, 5.41) is 11.0. The zero-order valence-electron chi connectivity index (χ0n) is 26.6. The van der Waals surface area contributed by atoms with Gasteiger partial charge in [-0.15, -0.1) is 0 Å². The Kier molecular flexibility index (Phi) is 11.4. The normalized spacial score (nSPS) is 16.9. The van der Waals surface area contributed by atoms with Gasteiger partial charge in [0.05, 0.1) is 32.5 Å². The Morgan fingerprint density at radius 2 is 1.82 bits per heavy atom. The lowest BCUT2D eigenvalue weighted by Crippen LogP contribution is -2.37. The van der Waals surface area contributed by atoms with Gasteiger partial charge in [0, 0.05) is 36.2 Å². The lowest BCUT2D eigenvalue weighted by atomic mass is 9.82. The number of likely N-dealkylation sites (tertiary alicyclic amines) is 1. The highest BCUT2D eigenvalue weighted by Crippen LogP contribution is 2.35. The maximum Gasteiger partial charge on any atom is 0.254 e. The summed E-state index contributed by atoms with van der Waals surface area (Å²) < 4.78 is 12.3. The number of nitrogens with zero attached hydrogens (tertiary/aromatic N) is 3. The van der Waals surface area contributed by atoms with Gasteiger partial charge in [-0.3, -0.25) is 9.00 Å². The first-order chi connectivity index (χ1) is 21.7. The van der Waals surface area contributed by atoms with Crippen molar-refractivity contribution in [1.29, 1.82) is 5.26 Å². The van der Waals surface area contributed by atoms with Gasteiger partial charge in [0.2, 0.25) is 0 Å². The molecule has 1 aliphatic carbocycles. The Bertz CT molecular complexity index is 1610. The molecule has 2 atom stereocenters. The quantitative estimate of drug-likeness (QED) is 0.219. The Morgan fingerprint density at radius 1 is 1.09 bits per heavy atom. The number of fused-ring (bicyclic) bond motifs is 1. The van der Waals surface area contributed by atoms with Gasteiger partial charge in [0.25, 0.3) is 5.91 Å². The van der Waals surface area contributed by atoms with Crippen LogP contribution in [0.2, 0.25) is 10.0 Å². The van der Waals surface area contributed by atoms with Crippen molar-refractivity contribution in [2.45, 2.75) is 75.0 Å². The minimum Gasteiger partial charge on any atom is -0.341 e. The molecule has 0 aromatic heterocycles. The molecule has 5 rings (SSSR count). The number of aryl methyl sites for hydroxylation is 1. The molecule has 2 unspecified atom stereocenters. The molecule has 3 aromatic rings. The summed E-state index contributed by atoms with van der Waals surface area (Å²) >= 11 is 12.8. The molecule has 1 fully saturated rings. The van der Waals surface area contributed by atoms with Gasteiger partial charge in [-0.2, -0.15) is 5.26 Å². The van der Waals surface area contributed by atoms with E-state index in [1.165, 1.54) is 5.56 Å². The van der Waals surface area contributed by atoms with Gasteiger partial charge < -0.3 is 9.80 Å². The molecule has 1 aliphatic heterocycles. The first kappa shape index (κ1) is 33.7. The van der Waals surface area contributed by atoms with Crippen molar-refractivity contribution in [2.75, 3.05) is 39.5 Å². The molecule has 0 saturated carbocycles. The third kappa shape index (κ3) is 7.66. The SMILES string of the molecule is CCc1c(C#N)cc2c(c1C(=O)N(C)CC(CCN1CCC(c3ccccc3S(C)=O)CC1)c1ccc(Cl)c(Cl)c1)CCCC2. The molecule has 3 aromatic carbocycles. The van der Waals surface area contributed by atoms with Crippen LogP contribution in [0.5, 0.6) is 0 Å². The number of carbonyl (C=O) groups excluding carboxylic acids is 1. The topological polar surface area (TPSA) is 64.4 Å². The van der Waals surface area contributed by atoms with E-state index in [1.807, 2.05) is 61.3 Å². The summed E-state index contributed by atoms with van der Waals surface area (Å²) in [7, 11) is 0.894. The van der Waals surface area contributed by atoms with Crippen molar-refractivity contribution in [1.82, 2.24) is 9.80 Å². The first-order valence-corrected chi connectivity index (χ1v) is 18.5. The third-order valence-corrected chi connectivity index (χ3v) is 11.5. The van der Waals surface area contributed by atoms with E-state index in [0.717, 1.165) is 97.3 Å². The van der Waals surface area contributed by atoms with E-state index in [1.54, 1.807) is 6.26 Å². The number of carbonyl (C=O) groups is 1. The van der Waals surface area contributed by atoms with Crippen LogP contribution in [0.1, 0.15) is 94.6 Å². The number of hydrogen-bond donors (Lipinski definition) is 0. The van der Waals surface area contributed by atoms with Crippen LogP contribution in [0, 0.1) is 11.3 Å². The predicted octanol–water partition coefficient (Wildman–Crippen LogP) is 8.17. The standard InChI is InChI=1S/C37H43Cl2N3O2S/c1-4-30-29(23-40)21-27-9-5-6-11-32(27)36(30)37(43)41(2)24-28(26-13-14-33(38)34(39)22-26)17-20-42-18-15-25(16-19-42)31-10-7-8-12-35(31)45(3)44/h7-8,10,12-14,21-22,25,28H,4-6,9,11,15-20,24H2,1-3H3. The number of amides is 1. The van der Waals surface area contributed by atoms with Crippen LogP contribution < -0.4 is 0 Å². The van der Waals surface area contributed by atoms with Gasteiger partial charge in [-0.05, 0) is 129 Å². The number of hydrogen-bond acceptors (Lipinski definition) is 4. The molecule has 0 bridgehead atoms. The Balaban J connectivity index is 1.33. The average Bonchev–Trinajstić information content (AvgIpc) is 3.06. The van der Waals surface area contributed by atoms with E-state index < -0.39 is 10.8 Å². The van der Waals surface area contributed by atoms with Crippen LogP contribution in [-0.4, -0.2) is 59.4 Å². The fourth-order valence-electron chi connectivity index (χ4n) is 7.30. The van der Waals surface area contributed by atoms with Crippen LogP contribution in [-0.2, 0) is 30.1 Å². The zero-order valence-corrected chi connectivity index (χ0v) is 28.9. The van der Waals surface area contributed by atoms with Gasteiger partial charge in [-0.25, -0.2) is 0 Å². The highest BCUT2D eigenvalue weighted by Gasteiger charge is 2.29. The van der Waals surface area contributed by atoms with Crippen LogP contribution in [0.3, 0.4) is 0 Å². The van der Waals surface area contributed by atoms with E-state index in [9.17, 15) is 14.3 Å². The minimum atomic E-state index is -0.996. The molecular weight excluding hydrogens is 621 g/mol. The van der Waals surface area contributed by atoms with Gasteiger partial charge in [-0.1, -0.05) is 54.4 Å². The van der Waals surface area contributed by atoms with Crippen LogP contribution >= 0.6 is 23.2 Å². The van der Waals surface area contributed by atoms with Crippen molar-refractivity contribution in [3.8, 4) is 6.07 Å². The maximum absolute atomic E-state index is 14.2. The molecule has 1 heterocycles. The number of rotatable bonds is 10. The molecule has 2 aliphatic rings. The summed E-state index contributed by atoms with van der Waals surface area (Å²) in [4.78, 5) is 19.6. The molecule has 238 valence electrons. The van der Waals surface area contributed by atoms with E-state index in [2.05, 4.69) is 17.0 Å². The van der Waals surface area contributed by atoms with Crippen molar-refractivity contribution in [2.24, 2.45) is 0 Å². The third-order valence-electron chi connectivity index (χ3n) is 9.75. The maximum atomic E-state index is 14.2. The number of benzene rings is 3. The highest BCUT2D eigenvalue weighted by atomic mass is 35.5. The number of halogens is 2. The average molecular weight is 665 g/mol. The van der Waals surface area contributed by atoms with Crippen molar-refractivity contribution < 1.29 is 9.00 Å². The lowest BCUT2D eigenvalue weighted by Gasteiger charge is -2.34. The second kappa shape index (κ2) is 15.3.